The second-order valence-electron chi connectivity index (χ2n) is 4.37. The molecule has 9 heteroatoms. The first-order valence-corrected chi connectivity index (χ1v) is 8.86. The van der Waals surface area contributed by atoms with E-state index in [1.54, 1.807) is 14.0 Å². The molecule has 0 aromatic carbocycles. The molecule has 0 aliphatic carbocycles. The smallest absolute Gasteiger partial charge is 0.407 e. The second-order valence-corrected chi connectivity index (χ2v) is 6.06. The number of esters is 1. The average molecular weight is 351 g/mol. The zero-order valence-electron chi connectivity index (χ0n) is 14.5. The lowest BCUT2D eigenvalue weighted by Crippen LogP contribution is -2.26. The van der Waals surface area contributed by atoms with E-state index in [0.717, 1.165) is 12.5 Å². The average Bonchev–Trinajstić information content (AvgIpc) is 2.54. The molecule has 0 fully saturated rings. The van der Waals surface area contributed by atoms with Gasteiger partial charge in [-0.1, -0.05) is 6.58 Å². The predicted molar refractivity (Wildman–Crippen MR) is 88.7 cm³/mol. The fourth-order valence-corrected chi connectivity index (χ4v) is 1.87. The minimum atomic E-state index is -0.440. The molecule has 0 bridgehead atoms. The van der Waals surface area contributed by atoms with Crippen LogP contribution in [0.3, 0.4) is 0 Å². The number of hydrogen-bond donors (Lipinski definition) is 1. The van der Waals surface area contributed by atoms with Crippen LogP contribution >= 0.6 is 0 Å². The molecular formula is C14H29NO7Si. The topological polar surface area (TPSA) is 92.3 Å². The molecule has 0 saturated carbocycles. The second kappa shape index (κ2) is 18.6. The van der Waals surface area contributed by atoms with E-state index in [1.165, 1.54) is 14.2 Å². The van der Waals surface area contributed by atoms with E-state index in [0.29, 0.717) is 18.5 Å². The molecule has 8 nitrogen and oxygen atoms in total. The molecule has 0 radical (unpaired) electrons. The van der Waals surface area contributed by atoms with Crippen LogP contribution in [-0.4, -0.2) is 62.9 Å². The van der Waals surface area contributed by atoms with Crippen molar-refractivity contribution in [3.05, 3.63) is 12.2 Å². The van der Waals surface area contributed by atoms with E-state index in [2.05, 4.69) is 21.7 Å². The summed E-state index contributed by atoms with van der Waals surface area (Å²) in [4.78, 5) is 30.3. The third kappa shape index (κ3) is 20.6. The summed E-state index contributed by atoms with van der Waals surface area (Å²) in [5.41, 5.74) is 0.360. The van der Waals surface area contributed by atoms with Crippen molar-refractivity contribution >= 4 is 21.8 Å². The number of carbonyl (C=O) groups is 2. The lowest BCUT2D eigenvalue weighted by Gasteiger charge is -2.07. The largest absolute Gasteiger partial charge is 0.462 e. The van der Waals surface area contributed by atoms with Crippen molar-refractivity contribution in [3.8, 4) is 0 Å². The van der Waals surface area contributed by atoms with Gasteiger partial charge in [-0.15, -0.1) is 0 Å². The van der Waals surface area contributed by atoms with Gasteiger partial charge in [0.1, 0.15) is 0 Å². The van der Waals surface area contributed by atoms with Crippen LogP contribution in [0.15, 0.2) is 12.2 Å². The molecule has 136 valence electrons. The molecule has 0 saturated heterocycles. The Bertz CT molecular complexity index is 324. The SMILES string of the molecule is C=C(C)C(=O)OCCCOC(=O)NCCC[SiH2]OC.COOC. The number of alkyl carbamates (subject to hydrolysis) is 1. The Hall–Kier alpha value is -1.42. The van der Waals surface area contributed by atoms with Crippen LogP contribution in [0.2, 0.25) is 6.04 Å². The van der Waals surface area contributed by atoms with Gasteiger partial charge in [-0.3, -0.25) is 0 Å². The number of ether oxygens (including phenoxy) is 2. The minimum absolute atomic E-state index is 0.221. The van der Waals surface area contributed by atoms with Crippen LogP contribution in [0.5, 0.6) is 0 Å². The van der Waals surface area contributed by atoms with Crippen LogP contribution in [0.1, 0.15) is 19.8 Å². The number of rotatable bonds is 11. The molecule has 0 spiro atoms. The van der Waals surface area contributed by atoms with Gasteiger partial charge in [0.15, 0.2) is 9.76 Å². The van der Waals surface area contributed by atoms with Crippen LogP contribution in [0, 0.1) is 0 Å². The minimum Gasteiger partial charge on any atom is -0.462 e. The Morgan fingerprint density at radius 1 is 1.04 bits per heavy atom. The Morgan fingerprint density at radius 3 is 2.17 bits per heavy atom. The number of nitrogens with one attached hydrogen (secondary N) is 1. The Morgan fingerprint density at radius 2 is 1.65 bits per heavy atom. The maximum atomic E-state index is 11.2. The van der Waals surface area contributed by atoms with E-state index < -0.39 is 21.8 Å². The first-order chi connectivity index (χ1) is 11.0. The third-order valence-corrected chi connectivity index (χ3v) is 3.51. The number of amides is 1. The summed E-state index contributed by atoms with van der Waals surface area (Å²) >= 11 is 0. The first kappa shape index (κ1) is 23.8. The molecule has 0 heterocycles. The summed E-state index contributed by atoms with van der Waals surface area (Å²) in [6.45, 7) is 6.09. The molecule has 1 amide bonds. The van der Waals surface area contributed by atoms with Crippen molar-refractivity contribution in [2.75, 3.05) is 41.1 Å². The lowest BCUT2D eigenvalue weighted by molar-refractivity contribution is -0.248. The van der Waals surface area contributed by atoms with E-state index in [9.17, 15) is 9.59 Å². The van der Waals surface area contributed by atoms with Gasteiger partial charge in [-0.2, -0.15) is 0 Å². The molecule has 0 aliphatic heterocycles. The standard InChI is InChI=1S/C12H23NO5Si.C2H6O2/c1-10(2)11(14)17-7-5-8-18-12(15)13-6-4-9-19-16-3;1-3-4-2/h1,4-9,19H2,2-3H3,(H,13,15);1-2H3. The van der Waals surface area contributed by atoms with E-state index in [1.807, 2.05) is 0 Å². The summed E-state index contributed by atoms with van der Waals surface area (Å²) in [6, 6.07) is 1.04. The van der Waals surface area contributed by atoms with Crippen LogP contribution in [0.4, 0.5) is 4.79 Å². The molecule has 0 rings (SSSR count). The van der Waals surface area contributed by atoms with Crippen LogP contribution in [0.25, 0.3) is 0 Å². The monoisotopic (exact) mass is 351 g/mol. The normalized spacial score (nSPS) is 9.91. The fraction of sp³-hybridized carbons (Fsp3) is 0.714. The molecule has 0 aromatic heterocycles. The summed E-state index contributed by atoms with van der Waals surface area (Å²) in [7, 11) is 4.21. The van der Waals surface area contributed by atoms with Crippen molar-refractivity contribution in [2.45, 2.75) is 25.8 Å². The highest BCUT2D eigenvalue weighted by molar-refractivity contribution is 6.26. The highest BCUT2D eigenvalue weighted by Crippen LogP contribution is 1.94. The van der Waals surface area contributed by atoms with Gasteiger partial charge in [0.25, 0.3) is 0 Å². The van der Waals surface area contributed by atoms with E-state index >= 15 is 0 Å². The molecule has 0 aliphatic rings. The lowest BCUT2D eigenvalue weighted by atomic mass is 10.4. The van der Waals surface area contributed by atoms with Crippen molar-refractivity contribution in [1.29, 1.82) is 0 Å². The number of carbonyl (C=O) groups excluding carboxylic acids is 2. The van der Waals surface area contributed by atoms with Crippen molar-refractivity contribution in [3.63, 3.8) is 0 Å². The zero-order valence-corrected chi connectivity index (χ0v) is 15.9. The van der Waals surface area contributed by atoms with Gasteiger partial charge in [0, 0.05) is 25.6 Å². The molecule has 1 N–H and O–H groups in total. The molecule has 23 heavy (non-hydrogen) atoms. The van der Waals surface area contributed by atoms with E-state index in [-0.39, 0.29) is 13.2 Å². The Balaban J connectivity index is 0. The quantitative estimate of drug-likeness (QED) is 0.148. The van der Waals surface area contributed by atoms with Crippen molar-refractivity contribution < 1.29 is 33.3 Å². The predicted octanol–water partition coefficient (Wildman–Crippen LogP) is 0.955. The maximum absolute atomic E-state index is 11.2. The first-order valence-electron chi connectivity index (χ1n) is 7.28. The van der Waals surface area contributed by atoms with Crippen LogP contribution in [-0.2, 0) is 28.5 Å². The fourth-order valence-electron chi connectivity index (χ4n) is 1.12. The summed E-state index contributed by atoms with van der Waals surface area (Å²) in [6.07, 6.45) is 0.944. The molecule has 0 unspecified atom stereocenters. The maximum Gasteiger partial charge on any atom is 0.407 e. The van der Waals surface area contributed by atoms with Crippen LogP contribution < -0.4 is 5.32 Å². The summed E-state index contributed by atoms with van der Waals surface area (Å²) in [5.74, 6) is -0.424. The van der Waals surface area contributed by atoms with Gasteiger partial charge < -0.3 is 19.2 Å². The summed E-state index contributed by atoms with van der Waals surface area (Å²) < 4.78 is 14.8. The summed E-state index contributed by atoms with van der Waals surface area (Å²) in [5, 5.41) is 2.64. The number of hydrogen-bond acceptors (Lipinski definition) is 7. The van der Waals surface area contributed by atoms with E-state index in [4.69, 9.17) is 13.9 Å². The Kier molecular flexibility index (Phi) is 19.3. The third-order valence-electron chi connectivity index (χ3n) is 2.31. The highest BCUT2D eigenvalue weighted by Gasteiger charge is 2.04. The van der Waals surface area contributed by atoms with Gasteiger partial charge in [-0.05, 0) is 19.4 Å². The van der Waals surface area contributed by atoms with Gasteiger partial charge >= 0.3 is 12.1 Å². The van der Waals surface area contributed by atoms with Gasteiger partial charge in [-0.25, -0.2) is 19.4 Å². The molecule has 0 aromatic rings. The van der Waals surface area contributed by atoms with Gasteiger partial charge in [0.2, 0.25) is 0 Å². The molecular weight excluding hydrogens is 322 g/mol. The molecule has 0 atom stereocenters. The zero-order chi connectivity index (χ0) is 17.9. The Labute approximate surface area is 140 Å². The van der Waals surface area contributed by atoms with Gasteiger partial charge in [0.05, 0.1) is 27.4 Å². The van der Waals surface area contributed by atoms with Crippen molar-refractivity contribution in [1.82, 2.24) is 5.32 Å². The van der Waals surface area contributed by atoms with Crippen molar-refractivity contribution in [2.24, 2.45) is 0 Å². The highest BCUT2D eigenvalue weighted by atomic mass is 28.2.